The molecule has 0 amide bonds. The molecule has 124 valence electrons. The van der Waals surface area contributed by atoms with Gasteiger partial charge in [0.2, 0.25) is 5.88 Å². The fraction of sp³-hybridized carbons (Fsp3) is 0.235. The molecule has 0 aliphatic carbocycles. The number of pyridine rings is 1. The molecule has 24 heavy (non-hydrogen) atoms. The predicted molar refractivity (Wildman–Crippen MR) is 85.8 cm³/mol. The molecule has 0 saturated carbocycles. The largest absolute Gasteiger partial charge is 0.478 e. The molecule has 2 heterocycles. The minimum Gasteiger partial charge on any atom is -0.478 e. The van der Waals surface area contributed by atoms with Gasteiger partial charge in [-0.25, -0.2) is 19.0 Å². The van der Waals surface area contributed by atoms with Crippen molar-refractivity contribution in [1.82, 2.24) is 19.7 Å². The van der Waals surface area contributed by atoms with Crippen LogP contribution in [0.1, 0.15) is 18.3 Å². The topological polar surface area (TPSA) is 73.1 Å². The molecule has 0 aliphatic rings. The molecule has 1 N–H and O–H groups in total. The first-order chi connectivity index (χ1) is 11.7. The van der Waals surface area contributed by atoms with E-state index in [2.05, 4.69) is 15.1 Å². The Hall–Kier alpha value is -2.80. The van der Waals surface area contributed by atoms with Crippen LogP contribution in [0.25, 0.3) is 11.1 Å². The Morgan fingerprint density at radius 2 is 2.04 bits per heavy atom. The van der Waals surface area contributed by atoms with Crippen LogP contribution >= 0.6 is 0 Å². The van der Waals surface area contributed by atoms with Crippen molar-refractivity contribution in [3.8, 4) is 17.0 Å². The van der Waals surface area contributed by atoms with E-state index >= 15 is 0 Å². The van der Waals surface area contributed by atoms with Gasteiger partial charge in [-0.15, -0.1) is 0 Å². The first kappa shape index (κ1) is 16.1. The van der Waals surface area contributed by atoms with Crippen LogP contribution in [0.2, 0.25) is 0 Å². The van der Waals surface area contributed by atoms with E-state index in [0.717, 1.165) is 5.56 Å². The zero-order valence-electron chi connectivity index (χ0n) is 13.2. The number of nitrogens with zero attached hydrogens (tertiary/aromatic N) is 4. The van der Waals surface area contributed by atoms with E-state index in [9.17, 15) is 4.39 Å². The summed E-state index contributed by atoms with van der Waals surface area (Å²) in [5.41, 5.74) is 1.85. The van der Waals surface area contributed by atoms with Crippen molar-refractivity contribution in [2.75, 3.05) is 6.61 Å². The van der Waals surface area contributed by atoms with Crippen LogP contribution < -0.4 is 4.74 Å². The Morgan fingerprint density at radius 1 is 1.21 bits per heavy atom. The lowest BCUT2D eigenvalue weighted by Gasteiger charge is -2.12. The molecule has 7 heteroatoms. The summed E-state index contributed by atoms with van der Waals surface area (Å²) in [4.78, 5) is 8.28. The Kier molecular flexibility index (Phi) is 4.81. The number of ether oxygens (including phenoxy) is 1. The van der Waals surface area contributed by atoms with E-state index in [0.29, 0.717) is 36.0 Å². The maximum Gasteiger partial charge on any atom is 0.221 e. The highest BCUT2D eigenvalue weighted by atomic mass is 19.1. The van der Waals surface area contributed by atoms with Crippen LogP contribution in [0, 0.1) is 5.82 Å². The van der Waals surface area contributed by atoms with Gasteiger partial charge < -0.3 is 9.84 Å². The molecule has 0 spiro atoms. The fourth-order valence-electron chi connectivity index (χ4n) is 2.38. The van der Waals surface area contributed by atoms with Crippen molar-refractivity contribution in [2.45, 2.75) is 20.1 Å². The number of aromatic nitrogens is 4. The van der Waals surface area contributed by atoms with Gasteiger partial charge in [-0.1, -0.05) is 18.2 Å². The van der Waals surface area contributed by atoms with Gasteiger partial charge in [0.05, 0.1) is 13.2 Å². The third kappa shape index (κ3) is 3.41. The molecule has 0 aliphatic heterocycles. The molecular weight excluding hydrogens is 311 g/mol. The second-order valence-corrected chi connectivity index (χ2v) is 5.13. The molecule has 3 aromatic rings. The van der Waals surface area contributed by atoms with E-state index in [-0.39, 0.29) is 12.4 Å². The minimum absolute atomic E-state index is 0.213. The zero-order valence-corrected chi connectivity index (χ0v) is 13.2. The van der Waals surface area contributed by atoms with E-state index in [1.165, 1.54) is 12.4 Å². The molecule has 0 atom stereocenters. The fourth-order valence-corrected chi connectivity index (χ4v) is 2.38. The molecule has 1 aromatic carbocycles. The highest BCUT2D eigenvalue weighted by Gasteiger charge is 2.13. The van der Waals surface area contributed by atoms with Crippen molar-refractivity contribution in [1.29, 1.82) is 0 Å². The lowest BCUT2D eigenvalue weighted by molar-refractivity contribution is 0.271. The minimum atomic E-state index is -0.333. The highest BCUT2D eigenvalue weighted by Crippen LogP contribution is 2.31. The van der Waals surface area contributed by atoms with Gasteiger partial charge in [-0.2, -0.15) is 5.10 Å². The van der Waals surface area contributed by atoms with Gasteiger partial charge in [0, 0.05) is 17.3 Å². The van der Waals surface area contributed by atoms with E-state index in [1.54, 1.807) is 29.1 Å². The Bertz CT molecular complexity index is 835. The van der Waals surface area contributed by atoms with Crippen LogP contribution in [-0.4, -0.2) is 31.5 Å². The molecule has 6 nitrogen and oxygen atoms in total. The molecule has 0 radical (unpaired) electrons. The molecule has 0 fully saturated rings. The number of rotatable bonds is 6. The quantitative estimate of drug-likeness (QED) is 0.752. The van der Waals surface area contributed by atoms with Crippen LogP contribution in [0.4, 0.5) is 4.39 Å². The third-order valence-corrected chi connectivity index (χ3v) is 3.42. The normalized spacial score (nSPS) is 10.8. The standard InChI is InChI=1S/C17H17FN4O2/c1-2-24-17-14(13-5-3-4-6-15(13)18)7-12(8-19-17)9-22-11-20-16(10-23)21-22/h3-8,11,23H,2,9-10H2,1H3. The smallest absolute Gasteiger partial charge is 0.221 e. The SMILES string of the molecule is CCOc1ncc(Cn2cnc(CO)n2)cc1-c1ccccc1F. The average molecular weight is 328 g/mol. The summed E-state index contributed by atoms with van der Waals surface area (Å²) in [7, 11) is 0. The summed E-state index contributed by atoms with van der Waals surface area (Å²) < 4.78 is 21.3. The number of hydrogen-bond donors (Lipinski definition) is 1. The van der Waals surface area contributed by atoms with Gasteiger partial charge in [-0.3, -0.25) is 0 Å². The Balaban J connectivity index is 1.97. The van der Waals surface area contributed by atoms with Crippen molar-refractivity contribution in [3.63, 3.8) is 0 Å². The second kappa shape index (κ2) is 7.18. The van der Waals surface area contributed by atoms with Crippen molar-refractivity contribution < 1.29 is 14.2 Å². The summed E-state index contributed by atoms with van der Waals surface area (Å²) in [5, 5.41) is 13.2. The first-order valence-electron chi connectivity index (χ1n) is 7.57. The highest BCUT2D eigenvalue weighted by molar-refractivity contribution is 5.69. The molecule has 3 rings (SSSR count). The molecule has 0 bridgehead atoms. The van der Waals surface area contributed by atoms with Crippen LogP contribution in [0.15, 0.2) is 42.9 Å². The van der Waals surface area contributed by atoms with Crippen LogP contribution in [0.3, 0.4) is 0 Å². The Labute approximate surface area is 138 Å². The lowest BCUT2D eigenvalue weighted by atomic mass is 10.0. The second-order valence-electron chi connectivity index (χ2n) is 5.13. The van der Waals surface area contributed by atoms with Crippen molar-refractivity contribution >= 4 is 0 Å². The third-order valence-electron chi connectivity index (χ3n) is 3.42. The molecule has 0 saturated heterocycles. The van der Waals surface area contributed by atoms with Crippen LogP contribution in [-0.2, 0) is 13.2 Å². The zero-order chi connectivity index (χ0) is 16.9. The molecule has 0 unspecified atom stereocenters. The Morgan fingerprint density at radius 3 is 2.75 bits per heavy atom. The van der Waals surface area contributed by atoms with Gasteiger partial charge in [0.15, 0.2) is 5.82 Å². The number of benzene rings is 1. The van der Waals surface area contributed by atoms with Gasteiger partial charge in [0.25, 0.3) is 0 Å². The maximum atomic E-state index is 14.2. The average Bonchev–Trinajstić information content (AvgIpc) is 3.05. The number of halogens is 1. The van der Waals surface area contributed by atoms with Crippen LogP contribution in [0.5, 0.6) is 5.88 Å². The van der Waals surface area contributed by atoms with E-state index in [1.807, 2.05) is 13.0 Å². The summed E-state index contributed by atoms with van der Waals surface area (Å²) in [5.74, 6) is 0.407. The number of aliphatic hydroxyl groups is 1. The van der Waals surface area contributed by atoms with E-state index in [4.69, 9.17) is 9.84 Å². The summed E-state index contributed by atoms with van der Waals surface area (Å²) in [6, 6.07) is 8.34. The summed E-state index contributed by atoms with van der Waals surface area (Å²) in [6.45, 7) is 2.49. The van der Waals surface area contributed by atoms with Gasteiger partial charge >= 0.3 is 0 Å². The maximum absolute atomic E-state index is 14.2. The number of aliphatic hydroxyl groups excluding tert-OH is 1. The van der Waals surface area contributed by atoms with Crippen molar-refractivity contribution in [3.05, 3.63) is 60.1 Å². The van der Waals surface area contributed by atoms with Gasteiger partial charge in [-0.05, 0) is 24.6 Å². The van der Waals surface area contributed by atoms with Crippen molar-refractivity contribution in [2.24, 2.45) is 0 Å². The molecule has 2 aromatic heterocycles. The number of hydrogen-bond acceptors (Lipinski definition) is 5. The lowest BCUT2D eigenvalue weighted by Crippen LogP contribution is -2.04. The first-order valence-corrected chi connectivity index (χ1v) is 7.57. The van der Waals surface area contributed by atoms with E-state index < -0.39 is 0 Å². The monoisotopic (exact) mass is 328 g/mol. The summed E-state index contributed by atoms with van der Waals surface area (Å²) >= 11 is 0. The van der Waals surface area contributed by atoms with Gasteiger partial charge in [0.1, 0.15) is 18.8 Å². The predicted octanol–water partition coefficient (Wildman–Crippen LogP) is 2.42. The molecular formula is C17H17FN4O2. The summed E-state index contributed by atoms with van der Waals surface area (Å²) in [6.07, 6.45) is 3.19.